The van der Waals surface area contributed by atoms with Gasteiger partial charge < -0.3 is 5.32 Å². The summed E-state index contributed by atoms with van der Waals surface area (Å²) >= 11 is 1.31. The third-order valence-corrected chi connectivity index (χ3v) is 5.87. The number of nitrogens with one attached hydrogen (secondary N) is 1. The zero-order chi connectivity index (χ0) is 19.5. The summed E-state index contributed by atoms with van der Waals surface area (Å²) in [6.45, 7) is 4.10. The minimum absolute atomic E-state index is 0.0498. The molecule has 1 N–H and O–H groups in total. The number of allylic oxidation sites excluding steroid dienone is 1. The van der Waals surface area contributed by atoms with Crippen LogP contribution in [0.2, 0.25) is 0 Å². The topological polar surface area (TPSA) is 64.0 Å². The molecule has 5 nitrogen and oxygen atoms in total. The van der Waals surface area contributed by atoms with Gasteiger partial charge in [0.25, 0.3) is 5.56 Å². The van der Waals surface area contributed by atoms with E-state index in [1.54, 1.807) is 16.7 Å². The molecule has 2 aromatic carbocycles. The van der Waals surface area contributed by atoms with Gasteiger partial charge in [0.05, 0.1) is 10.9 Å². The number of hydrogen-bond acceptors (Lipinski definition) is 4. The van der Waals surface area contributed by atoms with Gasteiger partial charge in [0.2, 0.25) is 5.91 Å². The first-order valence-electron chi connectivity index (χ1n) is 9.30. The van der Waals surface area contributed by atoms with E-state index in [4.69, 9.17) is 4.98 Å². The van der Waals surface area contributed by atoms with E-state index in [9.17, 15) is 9.59 Å². The zero-order valence-electron chi connectivity index (χ0n) is 15.4. The SMILES string of the molecule is C=CCn1c(SC(C(=O)NC2CC2)c2ccccc2)nc2ccccc2c1=O. The minimum atomic E-state index is -0.481. The summed E-state index contributed by atoms with van der Waals surface area (Å²) in [7, 11) is 0. The number of nitrogens with zero attached hydrogens (tertiary/aromatic N) is 2. The van der Waals surface area contributed by atoms with Crippen LogP contribution in [0.5, 0.6) is 0 Å². The Hall–Kier alpha value is -2.86. The van der Waals surface area contributed by atoms with Crippen molar-refractivity contribution in [2.45, 2.75) is 35.8 Å². The van der Waals surface area contributed by atoms with Crippen molar-refractivity contribution in [1.82, 2.24) is 14.9 Å². The highest BCUT2D eigenvalue weighted by Crippen LogP contribution is 2.35. The summed E-state index contributed by atoms with van der Waals surface area (Å²) < 4.78 is 1.58. The predicted molar refractivity (Wildman–Crippen MR) is 112 cm³/mol. The van der Waals surface area contributed by atoms with E-state index in [1.165, 1.54) is 11.8 Å². The molecule has 1 unspecified atom stereocenters. The van der Waals surface area contributed by atoms with E-state index in [0.717, 1.165) is 18.4 Å². The molecule has 1 atom stereocenters. The first-order valence-corrected chi connectivity index (χ1v) is 10.2. The highest BCUT2D eigenvalue weighted by atomic mass is 32.2. The van der Waals surface area contributed by atoms with E-state index >= 15 is 0 Å². The van der Waals surface area contributed by atoms with Crippen LogP contribution in [-0.2, 0) is 11.3 Å². The molecule has 1 aliphatic rings. The molecule has 4 rings (SSSR count). The van der Waals surface area contributed by atoms with Gasteiger partial charge in [0.1, 0.15) is 5.25 Å². The predicted octanol–water partition coefficient (Wildman–Crippen LogP) is 3.69. The van der Waals surface area contributed by atoms with E-state index in [1.807, 2.05) is 48.5 Å². The lowest BCUT2D eigenvalue weighted by molar-refractivity contribution is -0.120. The van der Waals surface area contributed by atoms with Crippen molar-refractivity contribution in [3.63, 3.8) is 0 Å². The molecule has 0 spiro atoms. The highest BCUT2D eigenvalue weighted by molar-refractivity contribution is 8.00. The number of benzene rings is 2. The number of rotatable bonds is 7. The van der Waals surface area contributed by atoms with Gasteiger partial charge in [-0.2, -0.15) is 0 Å². The second-order valence-corrected chi connectivity index (χ2v) is 7.88. The van der Waals surface area contributed by atoms with E-state index in [2.05, 4.69) is 11.9 Å². The lowest BCUT2D eigenvalue weighted by Gasteiger charge is -2.19. The fourth-order valence-electron chi connectivity index (χ4n) is 3.04. The van der Waals surface area contributed by atoms with Crippen molar-refractivity contribution in [2.24, 2.45) is 0 Å². The maximum atomic E-state index is 13.0. The van der Waals surface area contributed by atoms with Gasteiger partial charge in [0.15, 0.2) is 5.16 Å². The van der Waals surface area contributed by atoms with E-state index < -0.39 is 5.25 Å². The molecular weight excluding hydrogens is 370 g/mol. The quantitative estimate of drug-likeness (QED) is 0.379. The highest BCUT2D eigenvalue weighted by Gasteiger charge is 2.30. The lowest BCUT2D eigenvalue weighted by atomic mass is 10.1. The minimum Gasteiger partial charge on any atom is -0.352 e. The molecular formula is C22H21N3O2S. The summed E-state index contributed by atoms with van der Waals surface area (Å²) in [5, 5.41) is 3.68. The Balaban J connectivity index is 1.77. The van der Waals surface area contributed by atoms with Crippen LogP contribution in [0.15, 0.2) is 77.2 Å². The molecule has 1 amide bonds. The average Bonchev–Trinajstić information content (AvgIpc) is 3.53. The van der Waals surface area contributed by atoms with Gasteiger partial charge in [-0.15, -0.1) is 6.58 Å². The molecule has 3 aromatic rings. The first kappa shape index (κ1) is 18.5. The van der Waals surface area contributed by atoms with E-state index in [0.29, 0.717) is 22.6 Å². The summed E-state index contributed by atoms with van der Waals surface area (Å²) in [5.74, 6) is -0.0498. The van der Waals surface area contributed by atoms with Gasteiger partial charge in [-0.05, 0) is 30.5 Å². The molecule has 0 bridgehead atoms. The maximum absolute atomic E-state index is 13.0. The smallest absolute Gasteiger partial charge is 0.262 e. The van der Waals surface area contributed by atoms with Gasteiger partial charge in [0, 0.05) is 12.6 Å². The van der Waals surface area contributed by atoms with Crippen LogP contribution in [0.25, 0.3) is 10.9 Å². The third kappa shape index (κ3) is 3.87. The maximum Gasteiger partial charge on any atom is 0.262 e. The number of fused-ring (bicyclic) bond motifs is 1. The fraction of sp³-hybridized carbons (Fsp3) is 0.227. The van der Waals surface area contributed by atoms with Crippen LogP contribution in [-0.4, -0.2) is 21.5 Å². The fourth-order valence-corrected chi connectivity index (χ4v) is 4.15. The van der Waals surface area contributed by atoms with E-state index in [-0.39, 0.29) is 17.5 Å². The van der Waals surface area contributed by atoms with Gasteiger partial charge in [-0.3, -0.25) is 14.2 Å². The van der Waals surface area contributed by atoms with Crippen LogP contribution in [0.4, 0.5) is 0 Å². The van der Waals surface area contributed by atoms with Crippen molar-refractivity contribution in [3.05, 3.63) is 83.2 Å². The first-order chi connectivity index (χ1) is 13.7. The molecule has 142 valence electrons. The Kier molecular flexibility index (Phi) is 5.30. The molecule has 1 heterocycles. The second kappa shape index (κ2) is 8.02. The molecule has 0 aliphatic heterocycles. The number of amides is 1. The summed E-state index contributed by atoms with van der Waals surface area (Å²) in [6.07, 6.45) is 3.71. The Labute approximate surface area is 167 Å². The number of thioether (sulfide) groups is 1. The van der Waals surface area contributed by atoms with Crippen molar-refractivity contribution in [1.29, 1.82) is 0 Å². The monoisotopic (exact) mass is 391 g/mol. The van der Waals surface area contributed by atoms with Crippen LogP contribution >= 0.6 is 11.8 Å². The molecule has 1 fully saturated rings. The van der Waals surface area contributed by atoms with Crippen molar-refractivity contribution >= 4 is 28.6 Å². The van der Waals surface area contributed by atoms with Crippen molar-refractivity contribution in [3.8, 4) is 0 Å². The molecule has 0 saturated heterocycles. The standard InChI is InChI=1S/C22H21N3O2S/c1-2-14-25-21(27)17-10-6-7-11-18(17)24-22(25)28-19(15-8-4-3-5-9-15)20(26)23-16-12-13-16/h2-11,16,19H,1,12-14H2,(H,23,26). The Bertz CT molecular complexity index is 1070. The summed E-state index contributed by atoms with van der Waals surface area (Å²) in [6, 6.07) is 17.2. The molecule has 1 aromatic heterocycles. The van der Waals surface area contributed by atoms with Gasteiger partial charge >= 0.3 is 0 Å². The van der Waals surface area contributed by atoms with Crippen molar-refractivity contribution < 1.29 is 4.79 Å². The molecule has 1 saturated carbocycles. The third-order valence-electron chi connectivity index (χ3n) is 4.63. The average molecular weight is 391 g/mol. The molecule has 0 radical (unpaired) electrons. The van der Waals surface area contributed by atoms with Gasteiger partial charge in [-0.1, -0.05) is 60.3 Å². The van der Waals surface area contributed by atoms with Gasteiger partial charge in [-0.25, -0.2) is 4.98 Å². The Morgan fingerprint density at radius 1 is 1.21 bits per heavy atom. The van der Waals surface area contributed by atoms with Crippen molar-refractivity contribution in [2.75, 3.05) is 0 Å². The molecule has 1 aliphatic carbocycles. The number of carbonyl (C=O) groups is 1. The summed E-state index contributed by atoms with van der Waals surface area (Å²) in [4.78, 5) is 30.6. The molecule has 6 heteroatoms. The van der Waals surface area contributed by atoms with Crippen LogP contribution in [0.1, 0.15) is 23.7 Å². The normalized spacial score (nSPS) is 14.6. The second-order valence-electron chi connectivity index (χ2n) is 6.81. The Morgan fingerprint density at radius 3 is 2.64 bits per heavy atom. The zero-order valence-corrected chi connectivity index (χ0v) is 16.2. The summed E-state index contributed by atoms with van der Waals surface area (Å²) in [5.41, 5.74) is 1.39. The Morgan fingerprint density at radius 2 is 1.93 bits per heavy atom. The largest absolute Gasteiger partial charge is 0.352 e. The lowest BCUT2D eigenvalue weighted by Crippen LogP contribution is -2.30. The van der Waals surface area contributed by atoms with Crippen LogP contribution in [0.3, 0.4) is 0 Å². The molecule has 28 heavy (non-hydrogen) atoms. The number of aromatic nitrogens is 2. The number of para-hydroxylation sites is 1. The number of carbonyl (C=O) groups excluding carboxylic acids is 1. The number of hydrogen-bond donors (Lipinski definition) is 1. The van der Waals surface area contributed by atoms with Crippen LogP contribution < -0.4 is 10.9 Å². The van der Waals surface area contributed by atoms with Crippen LogP contribution in [0, 0.1) is 0 Å².